The second-order valence-corrected chi connectivity index (χ2v) is 4.90. The van der Waals surface area contributed by atoms with Crippen LogP contribution in [0.2, 0.25) is 0 Å². The van der Waals surface area contributed by atoms with Gasteiger partial charge in [0.15, 0.2) is 0 Å². The molecule has 1 aromatic carbocycles. The average molecular weight is 231 g/mol. The lowest BCUT2D eigenvalue weighted by atomic mass is 9.97. The summed E-state index contributed by atoms with van der Waals surface area (Å²) in [6, 6.07) is 9.17. The Balaban J connectivity index is 2.37. The first-order valence-electron chi connectivity index (χ1n) is 5.49. The van der Waals surface area contributed by atoms with Gasteiger partial charge >= 0.3 is 0 Å². The third-order valence-electron chi connectivity index (χ3n) is 3.03. The van der Waals surface area contributed by atoms with Gasteiger partial charge in [-0.3, -0.25) is 0 Å². The van der Waals surface area contributed by atoms with Crippen molar-refractivity contribution < 1.29 is 0 Å². The van der Waals surface area contributed by atoms with Crippen LogP contribution >= 0.6 is 11.3 Å². The van der Waals surface area contributed by atoms with E-state index in [2.05, 4.69) is 54.2 Å². The van der Waals surface area contributed by atoms with E-state index in [1.54, 1.807) is 11.3 Å². The third-order valence-corrected chi connectivity index (χ3v) is 3.73. The van der Waals surface area contributed by atoms with Gasteiger partial charge < -0.3 is 5.32 Å². The number of thiophene rings is 1. The molecule has 0 bridgehead atoms. The molecule has 1 nitrogen and oxygen atoms in total. The van der Waals surface area contributed by atoms with Crippen LogP contribution in [0.1, 0.15) is 28.3 Å². The SMILES string of the molecule is CNC(c1ccsc1)c1ccc(C)c(C)c1. The highest BCUT2D eigenvalue weighted by atomic mass is 32.1. The lowest BCUT2D eigenvalue weighted by Gasteiger charge is -2.16. The normalized spacial score (nSPS) is 12.7. The molecule has 0 spiro atoms. The molecule has 1 N–H and O–H groups in total. The summed E-state index contributed by atoms with van der Waals surface area (Å²) in [6.45, 7) is 4.32. The predicted molar refractivity (Wildman–Crippen MR) is 71.1 cm³/mol. The Kier molecular flexibility index (Phi) is 3.42. The molecule has 1 aromatic heterocycles. The van der Waals surface area contributed by atoms with Gasteiger partial charge in [0.2, 0.25) is 0 Å². The van der Waals surface area contributed by atoms with Crippen molar-refractivity contribution in [2.24, 2.45) is 0 Å². The zero-order valence-corrected chi connectivity index (χ0v) is 10.8. The van der Waals surface area contributed by atoms with Crippen LogP contribution in [0.25, 0.3) is 0 Å². The zero-order chi connectivity index (χ0) is 11.5. The summed E-state index contributed by atoms with van der Waals surface area (Å²) in [5.74, 6) is 0. The van der Waals surface area contributed by atoms with Gasteiger partial charge in [-0.25, -0.2) is 0 Å². The lowest BCUT2D eigenvalue weighted by Crippen LogP contribution is -2.17. The fourth-order valence-corrected chi connectivity index (χ4v) is 2.60. The first kappa shape index (κ1) is 11.4. The molecule has 0 radical (unpaired) electrons. The minimum atomic E-state index is 0.311. The van der Waals surface area contributed by atoms with Crippen molar-refractivity contribution in [3.8, 4) is 0 Å². The van der Waals surface area contributed by atoms with Gasteiger partial charge in [-0.2, -0.15) is 11.3 Å². The molecular weight excluding hydrogens is 214 g/mol. The molecule has 2 heteroatoms. The number of hydrogen-bond donors (Lipinski definition) is 1. The van der Waals surface area contributed by atoms with Crippen molar-refractivity contribution >= 4 is 11.3 Å². The maximum Gasteiger partial charge on any atom is 0.0582 e. The van der Waals surface area contributed by atoms with Crippen LogP contribution in [0.4, 0.5) is 0 Å². The van der Waals surface area contributed by atoms with Gasteiger partial charge in [-0.1, -0.05) is 18.2 Å². The van der Waals surface area contributed by atoms with Gasteiger partial charge in [0.25, 0.3) is 0 Å². The summed E-state index contributed by atoms with van der Waals surface area (Å²) in [6.07, 6.45) is 0. The Bertz CT molecular complexity index is 460. The largest absolute Gasteiger partial charge is 0.309 e. The molecule has 0 saturated heterocycles. The first-order valence-corrected chi connectivity index (χ1v) is 6.43. The van der Waals surface area contributed by atoms with E-state index in [1.807, 2.05) is 7.05 Å². The van der Waals surface area contributed by atoms with Crippen LogP contribution < -0.4 is 5.32 Å². The van der Waals surface area contributed by atoms with Crippen molar-refractivity contribution in [1.82, 2.24) is 5.32 Å². The third kappa shape index (κ3) is 2.18. The van der Waals surface area contributed by atoms with Gasteiger partial charge in [0, 0.05) is 0 Å². The fraction of sp³-hybridized carbons (Fsp3) is 0.286. The van der Waals surface area contributed by atoms with Crippen molar-refractivity contribution in [3.05, 3.63) is 57.3 Å². The topological polar surface area (TPSA) is 12.0 Å². The molecule has 2 aromatic rings. The molecular formula is C14H17NS. The molecule has 1 atom stereocenters. The van der Waals surface area contributed by atoms with Gasteiger partial charge in [0.1, 0.15) is 0 Å². The lowest BCUT2D eigenvalue weighted by molar-refractivity contribution is 0.693. The summed E-state index contributed by atoms with van der Waals surface area (Å²) < 4.78 is 0. The standard InChI is InChI=1S/C14H17NS/c1-10-4-5-12(8-11(10)2)14(15-3)13-6-7-16-9-13/h4-9,14-15H,1-3H3. The fourth-order valence-electron chi connectivity index (χ4n) is 1.91. The van der Waals surface area contributed by atoms with E-state index in [4.69, 9.17) is 0 Å². The van der Waals surface area contributed by atoms with E-state index in [-0.39, 0.29) is 0 Å². The molecule has 0 saturated carbocycles. The minimum absolute atomic E-state index is 0.311. The second-order valence-electron chi connectivity index (χ2n) is 4.12. The Morgan fingerprint density at radius 2 is 1.88 bits per heavy atom. The highest BCUT2D eigenvalue weighted by Gasteiger charge is 2.12. The van der Waals surface area contributed by atoms with E-state index >= 15 is 0 Å². The van der Waals surface area contributed by atoms with Crippen molar-refractivity contribution in [1.29, 1.82) is 0 Å². The molecule has 0 aliphatic rings. The molecule has 2 rings (SSSR count). The average Bonchev–Trinajstić information content (AvgIpc) is 2.78. The van der Waals surface area contributed by atoms with Crippen LogP contribution in [-0.2, 0) is 0 Å². The Morgan fingerprint density at radius 1 is 1.06 bits per heavy atom. The maximum atomic E-state index is 3.37. The van der Waals surface area contributed by atoms with Crippen LogP contribution in [0.3, 0.4) is 0 Å². The molecule has 84 valence electrons. The summed E-state index contributed by atoms with van der Waals surface area (Å²) in [4.78, 5) is 0. The summed E-state index contributed by atoms with van der Waals surface area (Å²) >= 11 is 1.75. The molecule has 0 aliphatic carbocycles. The molecule has 1 unspecified atom stereocenters. The van der Waals surface area contributed by atoms with E-state index < -0.39 is 0 Å². The summed E-state index contributed by atoms with van der Waals surface area (Å²) in [5.41, 5.74) is 5.39. The maximum absolute atomic E-state index is 3.37. The summed E-state index contributed by atoms with van der Waals surface area (Å²) in [5, 5.41) is 7.70. The number of aryl methyl sites for hydroxylation is 2. The van der Waals surface area contributed by atoms with Gasteiger partial charge in [-0.05, 0) is 60.0 Å². The number of nitrogens with one attached hydrogen (secondary N) is 1. The van der Waals surface area contributed by atoms with E-state index in [0.29, 0.717) is 6.04 Å². The van der Waals surface area contributed by atoms with Gasteiger partial charge in [0.05, 0.1) is 6.04 Å². The molecule has 16 heavy (non-hydrogen) atoms. The quantitative estimate of drug-likeness (QED) is 0.850. The van der Waals surface area contributed by atoms with Crippen LogP contribution in [0.15, 0.2) is 35.0 Å². The zero-order valence-electron chi connectivity index (χ0n) is 9.95. The van der Waals surface area contributed by atoms with Gasteiger partial charge in [-0.15, -0.1) is 0 Å². The Hall–Kier alpha value is -1.12. The number of hydrogen-bond acceptors (Lipinski definition) is 2. The first-order chi connectivity index (χ1) is 7.72. The minimum Gasteiger partial charge on any atom is -0.309 e. The molecule has 0 aliphatic heterocycles. The van der Waals surface area contributed by atoms with Crippen LogP contribution in [0.5, 0.6) is 0 Å². The molecule has 0 amide bonds. The Morgan fingerprint density at radius 3 is 2.44 bits per heavy atom. The highest BCUT2D eigenvalue weighted by molar-refractivity contribution is 7.08. The van der Waals surface area contributed by atoms with E-state index in [0.717, 1.165) is 0 Å². The molecule has 1 heterocycles. The van der Waals surface area contributed by atoms with Crippen molar-refractivity contribution in [2.45, 2.75) is 19.9 Å². The van der Waals surface area contributed by atoms with E-state index in [1.165, 1.54) is 22.3 Å². The number of rotatable bonds is 3. The van der Waals surface area contributed by atoms with Crippen LogP contribution in [0, 0.1) is 13.8 Å². The van der Waals surface area contributed by atoms with Crippen molar-refractivity contribution in [3.63, 3.8) is 0 Å². The van der Waals surface area contributed by atoms with Crippen LogP contribution in [-0.4, -0.2) is 7.05 Å². The summed E-state index contributed by atoms with van der Waals surface area (Å²) in [7, 11) is 2.01. The predicted octanol–water partition coefficient (Wildman–Crippen LogP) is 3.67. The Labute approximate surface area is 101 Å². The number of benzene rings is 1. The second kappa shape index (κ2) is 4.81. The highest BCUT2D eigenvalue weighted by Crippen LogP contribution is 2.25. The van der Waals surface area contributed by atoms with Crippen molar-refractivity contribution in [2.75, 3.05) is 7.05 Å². The monoisotopic (exact) mass is 231 g/mol. The smallest absolute Gasteiger partial charge is 0.0582 e. The molecule has 0 fully saturated rings. The van der Waals surface area contributed by atoms with E-state index in [9.17, 15) is 0 Å².